The molecule has 0 aromatic heterocycles. The molecule has 1 heterocycles. The predicted molar refractivity (Wildman–Crippen MR) is 77.6 cm³/mol. The van der Waals surface area contributed by atoms with E-state index in [1.54, 1.807) is 0 Å². The van der Waals surface area contributed by atoms with Crippen molar-refractivity contribution in [2.45, 2.75) is 32.2 Å². The van der Waals surface area contributed by atoms with E-state index in [-0.39, 0.29) is 17.6 Å². The molecule has 2 atom stereocenters. The van der Waals surface area contributed by atoms with Gasteiger partial charge >= 0.3 is 6.03 Å². The number of carbonyl (C=O) groups is 2. The minimum absolute atomic E-state index is 0.0724. The lowest BCUT2D eigenvalue weighted by Crippen LogP contribution is -2.40. The van der Waals surface area contributed by atoms with E-state index in [4.69, 9.17) is 0 Å². The smallest absolute Gasteiger partial charge is 0.322 e. The summed E-state index contributed by atoms with van der Waals surface area (Å²) in [6.07, 6.45) is 3.37. The zero-order valence-electron chi connectivity index (χ0n) is 11.9. The predicted octanol–water partition coefficient (Wildman–Crippen LogP) is 2.80. The molecule has 2 unspecified atom stereocenters. The number of benzene rings is 1. The van der Waals surface area contributed by atoms with Crippen LogP contribution in [0.2, 0.25) is 0 Å². The maximum atomic E-state index is 13.6. The van der Waals surface area contributed by atoms with Crippen molar-refractivity contribution in [2.24, 2.45) is 5.92 Å². The second-order valence-corrected chi connectivity index (χ2v) is 5.79. The van der Waals surface area contributed by atoms with E-state index in [1.807, 2.05) is 4.90 Å². The molecule has 5 nitrogen and oxygen atoms in total. The molecule has 2 bridgehead atoms. The molecule has 2 N–H and O–H groups in total. The molecule has 1 aliphatic carbocycles. The minimum atomic E-state index is -0.525. The number of nitrogens with zero attached hydrogens (tertiary/aromatic N) is 1. The van der Waals surface area contributed by atoms with E-state index in [9.17, 15) is 14.0 Å². The lowest BCUT2D eigenvalue weighted by molar-refractivity contribution is -0.114. The van der Waals surface area contributed by atoms with Gasteiger partial charge in [0.15, 0.2) is 0 Å². The summed E-state index contributed by atoms with van der Waals surface area (Å²) in [6, 6.07) is 4.35. The van der Waals surface area contributed by atoms with Gasteiger partial charge in [0, 0.05) is 25.2 Å². The first kappa shape index (κ1) is 13.9. The monoisotopic (exact) mass is 291 g/mol. The Morgan fingerprint density at radius 1 is 1.29 bits per heavy atom. The first-order chi connectivity index (χ1) is 10.0. The van der Waals surface area contributed by atoms with E-state index in [2.05, 4.69) is 10.6 Å². The van der Waals surface area contributed by atoms with E-state index >= 15 is 0 Å². The van der Waals surface area contributed by atoms with Crippen molar-refractivity contribution in [1.82, 2.24) is 4.90 Å². The molecule has 2 fully saturated rings. The number of rotatable bonds is 2. The van der Waals surface area contributed by atoms with Crippen LogP contribution in [0.3, 0.4) is 0 Å². The number of likely N-dealkylation sites (tertiary alicyclic amines) is 1. The van der Waals surface area contributed by atoms with Crippen molar-refractivity contribution >= 4 is 23.3 Å². The van der Waals surface area contributed by atoms with Gasteiger partial charge in [0.25, 0.3) is 0 Å². The summed E-state index contributed by atoms with van der Waals surface area (Å²) >= 11 is 0. The van der Waals surface area contributed by atoms with Gasteiger partial charge in [0.1, 0.15) is 5.82 Å². The number of halogens is 1. The third-order valence-corrected chi connectivity index (χ3v) is 4.20. The van der Waals surface area contributed by atoms with Crippen molar-refractivity contribution in [1.29, 1.82) is 0 Å². The van der Waals surface area contributed by atoms with Gasteiger partial charge in [-0.3, -0.25) is 4.79 Å². The fourth-order valence-electron chi connectivity index (χ4n) is 3.26. The Kier molecular flexibility index (Phi) is 3.53. The largest absolute Gasteiger partial charge is 0.324 e. The fraction of sp³-hybridized carbons (Fsp3) is 0.467. The molecule has 6 heteroatoms. The number of hydrogen-bond acceptors (Lipinski definition) is 2. The highest BCUT2D eigenvalue weighted by molar-refractivity contribution is 5.93. The SMILES string of the molecule is CC(=O)Nc1cc(NC(=O)N2CC3CCC2C3)ccc1F. The van der Waals surface area contributed by atoms with Crippen LogP contribution in [0.5, 0.6) is 0 Å². The summed E-state index contributed by atoms with van der Waals surface area (Å²) < 4.78 is 13.6. The molecule has 1 aliphatic heterocycles. The van der Waals surface area contributed by atoms with E-state index in [0.29, 0.717) is 17.6 Å². The summed E-state index contributed by atoms with van der Waals surface area (Å²) in [5.41, 5.74) is 0.552. The van der Waals surface area contributed by atoms with Crippen molar-refractivity contribution in [2.75, 3.05) is 17.2 Å². The van der Waals surface area contributed by atoms with Crippen molar-refractivity contribution in [3.63, 3.8) is 0 Å². The molecule has 2 aliphatic rings. The zero-order valence-corrected chi connectivity index (χ0v) is 11.9. The van der Waals surface area contributed by atoms with Gasteiger partial charge in [-0.15, -0.1) is 0 Å². The van der Waals surface area contributed by atoms with Crippen molar-refractivity contribution < 1.29 is 14.0 Å². The van der Waals surface area contributed by atoms with Crippen LogP contribution < -0.4 is 10.6 Å². The summed E-state index contributed by atoms with van der Waals surface area (Å²) in [6.45, 7) is 2.11. The van der Waals surface area contributed by atoms with Crippen LogP contribution >= 0.6 is 0 Å². The maximum Gasteiger partial charge on any atom is 0.322 e. The molecular weight excluding hydrogens is 273 g/mol. The van der Waals surface area contributed by atoms with Gasteiger partial charge in [0.2, 0.25) is 5.91 Å². The molecular formula is C15H18FN3O2. The highest BCUT2D eigenvalue weighted by Gasteiger charge is 2.40. The molecule has 112 valence electrons. The Labute approximate surface area is 122 Å². The van der Waals surface area contributed by atoms with Crippen molar-refractivity contribution in [3.05, 3.63) is 24.0 Å². The van der Waals surface area contributed by atoms with Gasteiger partial charge < -0.3 is 15.5 Å². The first-order valence-corrected chi connectivity index (χ1v) is 7.17. The summed E-state index contributed by atoms with van der Waals surface area (Å²) in [4.78, 5) is 25.1. The average molecular weight is 291 g/mol. The number of anilines is 2. The fourth-order valence-corrected chi connectivity index (χ4v) is 3.26. The number of fused-ring (bicyclic) bond motifs is 2. The van der Waals surface area contributed by atoms with E-state index in [0.717, 1.165) is 19.4 Å². The molecule has 3 amide bonds. The molecule has 3 rings (SSSR count). The molecule has 1 aromatic carbocycles. The number of amides is 3. The number of urea groups is 1. The highest BCUT2D eigenvalue weighted by atomic mass is 19.1. The van der Waals surface area contributed by atoms with Crippen LogP contribution in [0.1, 0.15) is 26.2 Å². The summed E-state index contributed by atoms with van der Waals surface area (Å²) in [7, 11) is 0. The number of piperidine rings is 1. The van der Waals surface area contributed by atoms with E-state index in [1.165, 1.54) is 31.5 Å². The Bertz CT molecular complexity index is 590. The van der Waals surface area contributed by atoms with Crippen molar-refractivity contribution in [3.8, 4) is 0 Å². The summed E-state index contributed by atoms with van der Waals surface area (Å²) in [5.74, 6) is -0.249. The third kappa shape index (κ3) is 2.84. The second-order valence-electron chi connectivity index (χ2n) is 5.79. The lowest BCUT2D eigenvalue weighted by atomic mass is 10.1. The van der Waals surface area contributed by atoms with Crippen LogP contribution in [0.15, 0.2) is 18.2 Å². The maximum absolute atomic E-state index is 13.6. The van der Waals surface area contributed by atoms with Gasteiger partial charge in [-0.25, -0.2) is 9.18 Å². The Balaban J connectivity index is 1.70. The summed E-state index contributed by atoms with van der Waals surface area (Å²) in [5, 5.41) is 5.18. The van der Waals surface area contributed by atoms with Gasteiger partial charge in [-0.2, -0.15) is 0 Å². The van der Waals surface area contributed by atoms with Crippen LogP contribution in [0.4, 0.5) is 20.6 Å². The normalized spacial score (nSPS) is 23.2. The highest BCUT2D eigenvalue weighted by Crippen LogP contribution is 2.37. The Morgan fingerprint density at radius 2 is 2.10 bits per heavy atom. The standard InChI is InChI=1S/C15H18FN3O2/c1-9(20)17-14-7-11(3-5-13(14)16)18-15(21)19-8-10-2-4-12(19)6-10/h3,5,7,10,12H,2,4,6,8H2,1H3,(H,17,20)(H,18,21). The molecule has 1 saturated heterocycles. The van der Waals surface area contributed by atoms with E-state index < -0.39 is 5.82 Å². The quantitative estimate of drug-likeness (QED) is 0.880. The van der Waals surface area contributed by atoms with Crippen LogP contribution in [-0.4, -0.2) is 29.4 Å². The van der Waals surface area contributed by atoms with Crippen LogP contribution in [0, 0.1) is 11.7 Å². The van der Waals surface area contributed by atoms with Gasteiger partial charge in [0.05, 0.1) is 5.69 Å². The Hall–Kier alpha value is -2.11. The molecule has 0 spiro atoms. The lowest BCUT2D eigenvalue weighted by Gasteiger charge is -2.27. The van der Waals surface area contributed by atoms with Gasteiger partial charge in [-0.05, 0) is 43.4 Å². The van der Waals surface area contributed by atoms with Crippen LogP contribution in [0.25, 0.3) is 0 Å². The second kappa shape index (κ2) is 5.35. The molecule has 0 radical (unpaired) electrons. The number of carbonyl (C=O) groups excluding carboxylic acids is 2. The topological polar surface area (TPSA) is 61.4 Å². The zero-order chi connectivity index (χ0) is 15.0. The Morgan fingerprint density at radius 3 is 2.71 bits per heavy atom. The molecule has 21 heavy (non-hydrogen) atoms. The van der Waals surface area contributed by atoms with Crippen LogP contribution in [-0.2, 0) is 4.79 Å². The molecule has 1 aromatic rings. The number of hydrogen-bond donors (Lipinski definition) is 2. The first-order valence-electron chi connectivity index (χ1n) is 7.17. The molecule has 1 saturated carbocycles. The average Bonchev–Trinajstić information content (AvgIpc) is 3.04. The third-order valence-electron chi connectivity index (χ3n) is 4.20. The van der Waals surface area contributed by atoms with Gasteiger partial charge in [-0.1, -0.05) is 0 Å². The number of nitrogens with one attached hydrogen (secondary N) is 2. The minimum Gasteiger partial charge on any atom is -0.324 e.